The molecule has 1 aliphatic heterocycles. The zero-order chi connectivity index (χ0) is 9.26. The highest BCUT2D eigenvalue weighted by atomic mass is 32.2. The van der Waals surface area contributed by atoms with Crippen molar-refractivity contribution in [2.24, 2.45) is 12.8 Å². The highest BCUT2D eigenvalue weighted by Crippen LogP contribution is 2.33. The van der Waals surface area contributed by atoms with E-state index in [4.69, 9.17) is 5.73 Å². The van der Waals surface area contributed by atoms with Crippen LogP contribution in [0.3, 0.4) is 0 Å². The van der Waals surface area contributed by atoms with Gasteiger partial charge in [0, 0.05) is 24.7 Å². The monoisotopic (exact) mass is 197 g/mol. The van der Waals surface area contributed by atoms with Crippen LogP contribution in [0.1, 0.15) is 24.7 Å². The van der Waals surface area contributed by atoms with Gasteiger partial charge in [-0.15, -0.1) is 0 Å². The number of rotatable bonds is 2. The largest absolute Gasteiger partial charge is 0.337 e. The molecule has 2 rings (SSSR count). The molecule has 0 radical (unpaired) electrons. The van der Waals surface area contributed by atoms with E-state index in [-0.39, 0.29) is 6.04 Å². The molecular formula is C9H15N3S. The summed E-state index contributed by atoms with van der Waals surface area (Å²) in [6.45, 7) is 0. The number of imidazole rings is 1. The molecule has 4 heteroatoms. The third-order valence-electron chi connectivity index (χ3n) is 2.52. The Labute approximate surface area is 82.7 Å². The molecule has 1 saturated heterocycles. The van der Waals surface area contributed by atoms with Gasteiger partial charge in [0.15, 0.2) is 0 Å². The van der Waals surface area contributed by atoms with Gasteiger partial charge in [-0.2, -0.15) is 11.8 Å². The average molecular weight is 197 g/mol. The summed E-state index contributed by atoms with van der Waals surface area (Å²) >= 11 is 1.98. The smallest absolute Gasteiger partial charge is 0.126 e. The van der Waals surface area contributed by atoms with E-state index < -0.39 is 0 Å². The molecule has 3 nitrogen and oxygen atoms in total. The first kappa shape index (κ1) is 9.09. The minimum absolute atomic E-state index is 0.104. The minimum atomic E-state index is 0.104. The van der Waals surface area contributed by atoms with Gasteiger partial charge in [-0.3, -0.25) is 0 Å². The zero-order valence-electron chi connectivity index (χ0n) is 7.81. The predicted octanol–water partition coefficient (Wildman–Crippen LogP) is 1.32. The normalized spacial score (nSPS) is 24.9. The molecule has 1 aromatic heterocycles. The number of nitrogens with two attached hydrogens (primary N) is 1. The van der Waals surface area contributed by atoms with Crippen LogP contribution in [-0.4, -0.2) is 20.6 Å². The van der Waals surface area contributed by atoms with Gasteiger partial charge in [0.2, 0.25) is 0 Å². The van der Waals surface area contributed by atoms with Gasteiger partial charge in [-0.1, -0.05) is 0 Å². The van der Waals surface area contributed by atoms with Crippen LogP contribution >= 0.6 is 11.8 Å². The summed E-state index contributed by atoms with van der Waals surface area (Å²) in [6, 6.07) is 0.104. The van der Waals surface area contributed by atoms with Gasteiger partial charge < -0.3 is 10.3 Å². The Morgan fingerprint density at radius 1 is 1.77 bits per heavy atom. The van der Waals surface area contributed by atoms with Crippen LogP contribution in [0, 0.1) is 0 Å². The topological polar surface area (TPSA) is 43.8 Å². The molecule has 1 aromatic rings. The van der Waals surface area contributed by atoms with Gasteiger partial charge >= 0.3 is 0 Å². The number of hydrogen-bond acceptors (Lipinski definition) is 3. The second-order valence-electron chi connectivity index (χ2n) is 3.47. The lowest BCUT2D eigenvalue weighted by Gasteiger charge is -2.17. The van der Waals surface area contributed by atoms with Gasteiger partial charge in [-0.05, 0) is 18.6 Å². The maximum atomic E-state index is 6.14. The maximum absolute atomic E-state index is 6.14. The van der Waals surface area contributed by atoms with E-state index in [2.05, 4.69) is 4.98 Å². The lowest BCUT2D eigenvalue weighted by Crippen LogP contribution is -2.24. The molecule has 0 bridgehead atoms. The Morgan fingerprint density at radius 3 is 3.15 bits per heavy atom. The summed E-state index contributed by atoms with van der Waals surface area (Å²) < 4.78 is 2.02. The van der Waals surface area contributed by atoms with E-state index in [0.717, 1.165) is 5.82 Å². The maximum Gasteiger partial charge on any atom is 0.126 e. The first-order chi connectivity index (χ1) is 6.29. The van der Waals surface area contributed by atoms with Crippen LogP contribution in [-0.2, 0) is 7.05 Å². The number of aromatic nitrogens is 2. The Hall–Kier alpha value is -0.480. The van der Waals surface area contributed by atoms with Gasteiger partial charge in [0.05, 0.1) is 6.04 Å². The molecule has 2 heterocycles. The fraction of sp³-hybridized carbons (Fsp3) is 0.667. The quantitative estimate of drug-likeness (QED) is 0.777. The van der Waals surface area contributed by atoms with Crippen LogP contribution in [0.2, 0.25) is 0 Å². The molecule has 0 amide bonds. The number of hydrogen-bond donors (Lipinski definition) is 1. The fourth-order valence-corrected chi connectivity index (χ4v) is 3.05. The van der Waals surface area contributed by atoms with E-state index in [1.54, 1.807) is 0 Å². The van der Waals surface area contributed by atoms with Crippen LogP contribution in [0.5, 0.6) is 0 Å². The lowest BCUT2D eigenvalue weighted by atomic mass is 10.1. The SMILES string of the molecule is Cn1ccnc1C(N)C1CCCS1. The minimum Gasteiger partial charge on any atom is -0.337 e. The molecular weight excluding hydrogens is 182 g/mol. The Kier molecular flexibility index (Phi) is 2.60. The number of nitrogens with zero attached hydrogens (tertiary/aromatic N) is 2. The Balaban J connectivity index is 2.12. The van der Waals surface area contributed by atoms with Crippen molar-refractivity contribution in [2.75, 3.05) is 5.75 Å². The molecule has 2 N–H and O–H groups in total. The van der Waals surface area contributed by atoms with E-state index in [9.17, 15) is 0 Å². The molecule has 13 heavy (non-hydrogen) atoms. The van der Waals surface area contributed by atoms with E-state index in [1.807, 2.05) is 35.8 Å². The second-order valence-corrected chi connectivity index (χ2v) is 4.82. The van der Waals surface area contributed by atoms with Crippen LogP contribution < -0.4 is 5.73 Å². The molecule has 2 unspecified atom stereocenters. The number of aryl methyl sites for hydroxylation is 1. The van der Waals surface area contributed by atoms with Crippen molar-refractivity contribution in [2.45, 2.75) is 24.1 Å². The zero-order valence-corrected chi connectivity index (χ0v) is 8.63. The molecule has 2 atom stereocenters. The van der Waals surface area contributed by atoms with Crippen molar-refractivity contribution in [3.8, 4) is 0 Å². The van der Waals surface area contributed by atoms with Crippen LogP contribution in [0.4, 0.5) is 0 Å². The second kappa shape index (κ2) is 3.72. The summed E-state index contributed by atoms with van der Waals surface area (Å²) in [7, 11) is 2.00. The van der Waals surface area contributed by atoms with E-state index in [1.165, 1.54) is 18.6 Å². The first-order valence-electron chi connectivity index (χ1n) is 4.63. The van der Waals surface area contributed by atoms with Gasteiger partial charge in [-0.25, -0.2) is 4.98 Å². The van der Waals surface area contributed by atoms with Crippen molar-refractivity contribution in [3.63, 3.8) is 0 Å². The van der Waals surface area contributed by atoms with Crippen molar-refractivity contribution < 1.29 is 0 Å². The van der Waals surface area contributed by atoms with Crippen LogP contribution in [0.25, 0.3) is 0 Å². The molecule has 0 aliphatic carbocycles. The summed E-state index contributed by atoms with van der Waals surface area (Å²) in [4.78, 5) is 4.28. The first-order valence-corrected chi connectivity index (χ1v) is 5.68. The summed E-state index contributed by atoms with van der Waals surface area (Å²) in [5.41, 5.74) is 6.14. The Bertz CT molecular complexity index is 278. The number of thioether (sulfide) groups is 1. The highest BCUT2D eigenvalue weighted by molar-refractivity contribution is 8.00. The molecule has 72 valence electrons. The van der Waals surface area contributed by atoms with Crippen molar-refractivity contribution in [3.05, 3.63) is 18.2 Å². The summed E-state index contributed by atoms with van der Waals surface area (Å²) in [6.07, 6.45) is 6.30. The van der Waals surface area contributed by atoms with E-state index in [0.29, 0.717) is 5.25 Å². The van der Waals surface area contributed by atoms with Crippen molar-refractivity contribution in [1.29, 1.82) is 0 Å². The standard InChI is InChI=1S/C9H15N3S/c1-12-5-4-11-9(12)8(10)7-3-2-6-13-7/h4-5,7-8H,2-3,6,10H2,1H3. The van der Waals surface area contributed by atoms with Crippen LogP contribution in [0.15, 0.2) is 12.4 Å². The van der Waals surface area contributed by atoms with E-state index >= 15 is 0 Å². The molecule has 0 spiro atoms. The van der Waals surface area contributed by atoms with Gasteiger partial charge in [0.25, 0.3) is 0 Å². The fourth-order valence-electron chi connectivity index (χ4n) is 1.75. The summed E-state index contributed by atoms with van der Waals surface area (Å²) in [5.74, 6) is 2.27. The third kappa shape index (κ3) is 1.74. The summed E-state index contributed by atoms with van der Waals surface area (Å²) in [5, 5.41) is 0.570. The van der Waals surface area contributed by atoms with Crippen molar-refractivity contribution >= 4 is 11.8 Å². The molecule has 0 aromatic carbocycles. The molecule has 0 saturated carbocycles. The average Bonchev–Trinajstić information content (AvgIpc) is 2.72. The predicted molar refractivity (Wildman–Crippen MR) is 55.6 cm³/mol. The molecule has 1 aliphatic rings. The molecule has 1 fully saturated rings. The Morgan fingerprint density at radius 2 is 2.62 bits per heavy atom. The lowest BCUT2D eigenvalue weighted by molar-refractivity contribution is 0.588. The highest BCUT2D eigenvalue weighted by Gasteiger charge is 2.26. The third-order valence-corrected chi connectivity index (χ3v) is 4.00. The van der Waals surface area contributed by atoms with Gasteiger partial charge in [0.1, 0.15) is 5.82 Å². The van der Waals surface area contributed by atoms with Crippen molar-refractivity contribution in [1.82, 2.24) is 9.55 Å².